The summed E-state index contributed by atoms with van der Waals surface area (Å²) in [6.45, 7) is 7.27. The molecule has 1 N–H and O–H groups in total. The highest BCUT2D eigenvalue weighted by atomic mass is 32.2. The summed E-state index contributed by atoms with van der Waals surface area (Å²) in [7, 11) is 0. The van der Waals surface area contributed by atoms with E-state index >= 15 is 0 Å². The zero-order valence-corrected chi connectivity index (χ0v) is 20.0. The molecule has 3 heterocycles. The molecular weight excluding hydrogens is 444 g/mol. The maximum absolute atomic E-state index is 13.2. The number of likely N-dealkylation sites (tertiary alicyclic amines) is 1. The predicted octanol–water partition coefficient (Wildman–Crippen LogP) is 4.08. The van der Waals surface area contributed by atoms with Crippen molar-refractivity contribution >= 4 is 40.0 Å². The molecule has 10 heteroatoms. The van der Waals surface area contributed by atoms with Crippen LogP contribution in [0.15, 0.2) is 34.8 Å². The second kappa shape index (κ2) is 9.83. The summed E-state index contributed by atoms with van der Waals surface area (Å²) in [5.74, 6) is 0.889. The molecule has 1 aliphatic heterocycles. The number of rotatable bonds is 7. The topological polar surface area (TPSA) is 93.0 Å². The van der Waals surface area contributed by atoms with Gasteiger partial charge in [-0.3, -0.25) is 9.59 Å². The zero-order valence-electron chi connectivity index (χ0n) is 18.4. The molecule has 1 atom stereocenters. The minimum Gasteiger partial charge on any atom is -0.328 e. The largest absolute Gasteiger partial charge is 0.328 e. The smallest absolute Gasteiger partial charge is 0.254 e. The number of thioether (sulfide) groups is 1. The molecule has 0 spiro atoms. The molecule has 2 amide bonds. The Morgan fingerprint density at radius 3 is 2.84 bits per heavy atom. The first-order valence-electron chi connectivity index (χ1n) is 10.6. The molecule has 1 unspecified atom stereocenters. The summed E-state index contributed by atoms with van der Waals surface area (Å²) in [5.41, 5.74) is 2.64. The van der Waals surface area contributed by atoms with Crippen LogP contribution in [-0.2, 0) is 11.3 Å². The van der Waals surface area contributed by atoms with E-state index in [1.165, 1.54) is 23.1 Å². The molecule has 2 aromatic heterocycles. The van der Waals surface area contributed by atoms with E-state index in [4.69, 9.17) is 0 Å². The van der Waals surface area contributed by atoms with Crippen LogP contribution in [0.25, 0.3) is 0 Å². The Hall–Kier alpha value is -2.72. The lowest BCUT2D eigenvalue weighted by atomic mass is 10.1. The molecule has 1 aromatic carbocycles. The van der Waals surface area contributed by atoms with E-state index in [-0.39, 0.29) is 23.6 Å². The number of benzene rings is 1. The molecule has 0 bridgehead atoms. The van der Waals surface area contributed by atoms with Gasteiger partial charge < -0.3 is 14.8 Å². The Bertz CT molecular complexity index is 1130. The maximum Gasteiger partial charge on any atom is 0.254 e. The van der Waals surface area contributed by atoms with Crippen molar-refractivity contribution in [1.82, 2.24) is 24.6 Å². The average Bonchev–Trinajstić information content (AvgIpc) is 3.50. The van der Waals surface area contributed by atoms with Gasteiger partial charge in [-0.1, -0.05) is 29.5 Å². The number of nitrogens with one attached hydrogen (secondary N) is 1. The fraction of sp³-hybridized carbons (Fsp3) is 0.409. The van der Waals surface area contributed by atoms with Gasteiger partial charge in [0, 0.05) is 24.0 Å². The zero-order chi connectivity index (χ0) is 22.7. The van der Waals surface area contributed by atoms with Crippen molar-refractivity contribution in [1.29, 1.82) is 0 Å². The predicted molar refractivity (Wildman–Crippen MR) is 126 cm³/mol. The highest BCUT2D eigenvalue weighted by molar-refractivity contribution is 7.99. The van der Waals surface area contributed by atoms with Crippen molar-refractivity contribution < 1.29 is 9.59 Å². The van der Waals surface area contributed by atoms with Crippen molar-refractivity contribution in [2.45, 2.75) is 51.4 Å². The Morgan fingerprint density at radius 1 is 1.28 bits per heavy atom. The standard InChI is InChI=1S/C22H26N6O2S2/c1-4-27-19(17-9-6-10-28(17)20(30)16-8-5-7-14(2)11-16)25-26-22(27)32-13-18(29)24-21-23-15(3)12-31-21/h5,7-8,11-12,17H,4,6,9-10,13H2,1-3H3,(H,23,24,29). The number of nitrogens with zero attached hydrogens (tertiary/aromatic N) is 5. The summed E-state index contributed by atoms with van der Waals surface area (Å²) in [5, 5.41) is 14.8. The van der Waals surface area contributed by atoms with Gasteiger partial charge in [-0.25, -0.2) is 4.98 Å². The van der Waals surface area contributed by atoms with E-state index in [2.05, 4.69) is 20.5 Å². The number of hydrogen-bond donors (Lipinski definition) is 1. The molecule has 1 aliphatic rings. The summed E-state index contributed by atoms with van der Waals surface area (Å²) in [4.78, 5) is 31.7. The second-order valence-corrected chi connectivity index (χ2v) is 9.54. The van der Waals surface area contributed by atoms with Crippen LogP contribution < -0.4 is 5.32 Å². The van der Waals surface area contributed by atoms with E-state index in [0.29, 0.717) is 28.9 Å². The van der Waals surface area contributed by atoms with Crippen LogP contribution in [0.1, 0.15) is 53.2 Å². The minimum atomic E-state index is -0.131. The number of thiazole rings is 1. The van der Waals surface area contributed by atoms with Crippen LogP contribution >= 0.6 is 23.1 Å². The van der Waals surface area contributed by atoms with E-state index in [0.717, 1.165) is 29.9 Å². The molecule has 0 radical (unpaired) electrons. The summed E-state index contributed by atoms with van der Waals surface area (Å²) < 4.78 is 2.01. The fourth-order valence-electron chi connectivity index (χ4n) is 3.87. The molecule has 8 nitrogen and oxygen atoms in total. The Balaban J connectivity index is 1.46. The van der Waals surface area contributed by atoms with Gasteiger partial charge in [-0.2, -0.15) is 0 Å². The summed E-state index contributed by atoms with van der Waals surface area (Å²) in [6.07, 6.45) is 1.78. The molecule has 1 fully saturated rings. The van der Waals surface area contributed by atoms with E-state index < -0.39 is 0 Å². The van der Waals surface area contributed by atoms with E-state index in [1.54, 1.807) is 0 Å². The number of amides is 2. The van der Waals surface area contributed by atoms with Crippen LogP contribution in [-0.4, -0.2) is 48.8 Å². The van der Waals surface area contributed by atoms with Gasteiger partial charge in [-0.05, 0) is 45.7 Å². The third-order valence-corrected chi connectivity index (χ3v) is 7.18. The van der Waals surface area contributed by atoms with Gasteiger partial charge in [0.25, 0.3) is 5.91 Å². The fourth-order valence-corrected chi connectivity index (χ4v) is 5.38. The van der Waals surface area contributed by atoms with Gasteiger partial charge in [0.1, 0.15) is 0 Å². The van der Waals surface area contributed by atoms with Gasteiger partial charge in [0.05, 0.1) is 17.5 Å². The molecule has 0 aliphatic carbocycles. The quantitative estimate of drug-likeness (QED) is 0.523. The summed E-state index contributed by atoms with van der Waals surface area (Å²) >= 11 is 2.75. The minimum absolute atomic E-state index is 0.0224. The Morgan fingerprint density at radius 2 is 2.12 bits per heavy atom. The average molecular weight is 471 g/mol. The highest BCUT2D eigenvalue weighted by Crippen LogP contribution is 2.34. The van der Waals surface area contributed by atoms with Crippen LogP contribution in [0.4, 0.5) is 5.13 Å². The van der Waals surface area contributed by atoms with Crippen LogP contribution in [0.3, 0.4) is 0 Å². The molecule has 0 saturated carbocycles. The number of aryl methyl sites for hydroxylation is 2. The Labute approximate surface area is 195 Å². The van der Waals surface area contributed by atoms with Crippen LogP contribution in [0.2, 0.25) is 0 Å². The lowest BCUT2D eigenvalue weighted by Crippen LogP contribution is -2.32. The lowest BCUT2D eigenvalue weighted by molar-refractivity contribution is -0.113. The van der Waals surface area contributed by atoms with Gasteiger partial charge in [0.15, 0.2) is 16.1 Å². The number of hydrogen-bond acceptors (Lipinski definition) is 7. The van der Waals surface area contributed by atoms with Crippen molar-refractivity contribution in [2.75, 3.05) is 17.6 Å². The third kappa shape index (κ3) is 4.86. The molecule has 32 heavy (non-hydrogen) atoms. The van der Waals surface area contributed by atoms with Crippen LogP contribution in [0.5, 0.6) is 0 Å². The van der Waals surface area contributed by atoms with Gasteiger partial charge >= 0.3 is 0 Å². The van der Waals surface area contributed by atoms with Crippen molar-refractivity contribution in [2.24, 2.45) is 0 Å². The molecular formula is C22H26N6O2S2. The first kappa shape index (κ1) is 22.5. The maximum atomic E-state index is 13.2. The van der Waals surface area contributed by atoms with Crippen molar-refractivity contribution in [3.05, 3.63) is 52.3 Å². The number of aromatic nitrogens is 4. The number of carbonyl (C=O) groups excluding carboxylic acids is 2. The van der Waals surface area contributed by atoms with Crippen molar-refractivity contribution in [3.8, 4) is 0 Å². The number of anilines is 1. The normalized spacial score (nSPS) is 15.8. The van der Waals surface area contributed by atoms with Gasteiger partial charge in [0.2, 0.25) is 5.91 Å². The van der Waals surface area contributed by atoms with Gasteiger partial charge in [-0.15, -0.1) is 21.5 Å². The molecule has 3 aromatic rings. The lowest BCUT2D eigenvalue weighted by Gasteiger charge is -2.24. The summed E-state index contributed by atoms with van der Waals surface area (Å²) in [6, 6.07) is 7.57. The first-order valence-corrected chi connectivity index (χ1v) is 12.5. The molecule has 1 saturated heterocycles. The number of carbonyl (C=O) groups is 2. The third-order valence-electron chi connectivity index (χ3n) is 5.34. The molecule has 4 rings (SSSR count). The van der Waals surface area contributed by atoms with Crippen molar-refractivity contribution in [3.63, 3.8) is 0 Å². The Kier molecular flexibility index (Phi) is 6.90. The van der Waals surface area contributed by atoms with E-state index in [9.17, 15) is 9.59 Å². The monoisotopic (exact) mass is 470 g/mol. The first-order chi connectivity index (χ1) is 15.5. The SMILES string of the molecule is CCn1c(SCC(=O)Nc2nc(C)cs2)nnc1C1CCCN1C(=O)c1cccc(C)c1. The van der Waals surface area contributed by atoms with Crippen LogP contribution in [0, 0.1) is 13.8 Å². The molecule has 168 valence electrons. The van der Waals surface area contributed by atoms with E-state index in [1.807, 2.05) is 59.9 Å². The highest BCUT2D eigenvalue weighted by Gasteiger charge is 2.34. The second-order valence-electron chi connectivity index (χ2n) is 7.74.